The van der Waals surface area contributed by atoms with Crippen LogP contribution in [0.25, 0.3) is 0 Å². The summed E-state index contributed by atoms with van der Waals surface area (Å²) < 4.78 is 38.2. The lowest BCUT2D eigenvalue weighted by molar-refractivity contribution is -0.137. The molecule has 0 aliphatic carbocycles. The predicted molar refractivity (Wildman–Crippen MR) is 99.9 cm³/mol. The van der Waals surface area contributed by atoms with Gasteiger partial charge in [-0.25, -0.2) is 9.97 Å². The number of aromatic nitrogens is 2. The Morgan fingerprint density at radius 3 is 2.36 bits per heavy atom. The van der Waals surface area contributed by atoms with Gasteiger partial charge in [-0.3, -0.25) is 4.79 Å². The lowest BCUT2D eigenvalue weighted by Gasteiger charge is -2.10. The largest absolute Gasteiger partial charge is 0.416 e. The van der Waals surface area contributed by atoms with Gasteiger partial charge in [0.05, 0.1) is 11.1 Å². The zero-order valence-electron chi connectivity index (χ0n) is 14.9. The Morgan fingerprint density at radius 2 is 1.71 bits per heavy atom. The van der Waals surface area contributed by atoms with Crippen LogP contribution in [0.4, 0.5) is 24.8 Å². The Balaban J connectivity index is 1.61. The van der Waals surface area contributed by atoms with E-state index >= 15 is 0 Å². The minimum atomic E-state index is -4.48. The van der Waals surface area contributed by atoms with E-state index in [0.717, 1.165) is 23.3 Å². The molecule has 0 atom stereocenters. The highest BCUT2D eigenvalue weighted by molar-refractivity contribution is 6.03. The van der Waals surface area contributed by atoms with Crippen molar-refractivity contribution in [2.24, 2.45) is 0 Å². The number of nitrogens with one attached hydrogen (secondary N) is 2. The van der Waals surface area contributed by atoms with Crippen LogP contribution < -0.4 is 10.6 Å². The van der Waals surface area contributed by atoms with Gasteiger partial charge in [0.2, 0.25) is 5.95 Å². The van der Waals surface area contributed by atoms with Crippen LogP contribution in [0.15, 0.2) is 60.9 Å². The van der Waals surface area contributed by atoms with E-state index in [1.807, 2.05) is 31.2 Å². The summed E-state index contributed by atoms with van der Waals surface area (Å²) in [4.78, 5) is 20.3. The average molecular weight is 386 g/mol. The molecule has 2 aromatic carbocycles. The SMILES string of the molecule is Cc1ccc(CNc2ncc(C(=O)Nc3cccc(C(F)(F)F)c3)cn2)cc1. The van der Waals surface area contributed by atoms with Gasteiger partial charge in [-0.2, -0.15) is 13.2 Å². The molecule has 3 rings (SSSR count). The van der Waals surface area contributed by atoms with Crippen LogP contribution in [0.5, 0.6) is 0 Å². The first-order chi connectivity index (χ1) is 13.3. The van der Waals surface area contributed by atoms with Crippen molar-refractivity contribution in [3.05, 3.63) is 83.2 Å². The molecule has 0 unspecified atom stereocenters. The highest BCUT2D eigenvalue weighted by atomic mass is 19.4. The molecule has 0 saturated carbocycles. The normalized spacial score (nSPS) is 11.1. The van der Waals surface area contributed by atoms with Crippen molar-refractivity contribution >= 4 is 17.5 Å². The van der Waals surface area contributed by atoms with E-state index in [1.165, 1.54) is 24.5 Å². The van der Waals surface area contributed by atoms with Crippen LogP contribution in [-0.4, -0.2) is 15.9 Å². The Morgan fingerprint density at radius 1 is 1.04 bits per heavy atom. The fourth-order valence-electron chi connectivity index (χ4n) is 2.40. The van der Waals surface area contributed by atoms with Crippen molar-refractivity contribution < 1.29 is 18.0 Å². The third-order valence-electron chi connectivity index (χ3n) is 3.93. The number of amides is 1. The molecule has 28 heavy (non-hydrogen) atoms. The second-order valence-electron chi connectivity index (χ2n) is 6.17. The molecule has 3 aromatic rings. The van der Waals surface area contributed by atoms with Crippen molar-refractivity contribution in [2.45, 2.75) is 19.6 Å². The number of benzene rings is 2. The molecule has 0 fully saturated rings. The maximum absolute atomic E-state index is 12.7. The van der Waals surface area contributed by atoms with E-state index in [2.05, 4.69) is 20.6 Å². The summed E-state index contributed by atoms with van der Waals surface area (Å²) in [6, 6.07) is 12.4. The molecule has 1 aromatic heterocycles. The van der Waals surface area contributed by atoms with Gasteiger partial charge in [-0.1, -0.05) is 35.9 Å². The minimum absolute atomic E-state index is 0.0430. The third-order valence-corrected chi connectivity index (χ3v) is 3.93. The van der Waals surface area contributed by atoms with Crippen LogP contribution in [0.3, 0.4) is 0 Å². The van der Waals surface area contributed by atoms with Gasteiger partial charge in [0, 0.05) is 24.6 Å². The standard InChI is InChI=1S/C20H17F3N4O/c1-13-5-7-14(8-6-13)10-24-19-25-11-15(12-26-19)18(28)27-17-4-2-3-16(9-17)20(21,22)23/h2-9,11-12H,10H2,1H3,(H,27,28)(H,24,25,26). The molecular formula is C20H17F3N4O. The molecule has 1 amide bonds. The lowest BCUT2D eigenvalue weighted by atomic mass is 10.1. The van der Waals surface area contributed by atoms with E-state index < -0.39 is 17.6 Å². The maximum Gasteiger partial charge on any atom is 0.416 e. The molecule has 0 radical (unpaired) electrons. The number of carbonyl (C=O) groups excluding carboxylic acids is 1. The Labute approximate surface area is 159 Å². The number of anilines is 2. The molecule has 0 aliphatic heterocycles. The first-order valence-electron chi connectivity index (χ1n) is 8.41. The number of carbonyl (C=O) groups is 1. The second kappa shape index (κ2) is 8.08. The van der Waals surface area contributed by atoms with E-state index in [1.54, 1.807) is 0 Å². The summed E-state index contributed by atoms with van der Waals surface area (Å²) >= 11 is 0. The van der Waals surface area contributed by atoms with E-state index in [0.29, 0.717) is 12.5 Å². The van der Waals surface area contributed by atoms with Crippen molar-refractivity contribution in [2.75, 3.05) is 10.6 Å². The highest BCUT2D eigenvalue weighted by Gasteiger charge is 2.30. The summed E-state index contributed by atoms with van der Waals surface area (Å²) in [7, 11) is 0. The van der Waals surface area contributed by atoms with Gasteiger partial charge in [0.1, 0.15) is 0 Å². The fourth-order valence-corrected chi connectivity index (χ4v) is 2.40. The quantitative estimate of drug-likeness (QED) is 0.669. The summed E-state index contributed by atoms with van der Waals surface area (Å²) in [6.45, 7) is 2.53. The molecular weight excluding hydrogens is 369 g/mol. The van der Waals surface area contributed by atoms with E-state index in [4.69, 9.17) is 0 Å². The second-order valence-corrected chi connectivity index (χ2v) is 6.17. The topological polar surface area (TPSA) is 66.9 Å². The Kier molecular flexibility index (Phi) is 5.58. The monoisotopic (exact) mass is 386 g/mol. The molecule has 5 nitrogen and oxygen atoms in total. The summed E-state index contributed by atoms with van der Waals surface area (Å²) in [5.74, 6) is -0.249. The smallest absolute Gasteiger partial charge is 0.350 e. The molecule has 0 spiro atoms. The zero-order chi connectivity index (χ0) is 20.1. The number of nitrogens with zero attached hydrogens (tertiary/aromatic N) is 2. The van der Waals surface area contributed by atoms with Crippen molar-refractivity contribution in [3.8, 4) is 0 Å². The number of aryl methyl sites for hydroxylation is 1. The minimum Gasteiger partial charge on any atom is -0.350 e. The molecule has 0 saturated heterocycles. The molecule has 1 heterocycles. The van der Waals surface area contributed by atoms with Gasteiger partial charge in [-0.15, -0.1) is 0 Å². The first-order valence-corrected chi connectivity index (χ1v) is 8.41. The Hall–Kier alpha value is -3.42. The molecule has 2 N–H and O–H groups in total. The molecule has 0 bridgehead atoms. The number of alkyl halides is 3. The molecule has 8 heteroatoms. The first kappa shape index (κ1) is 19.3. The van der Waals surface area contributed by atoms with E-state index in [-0.39, 0.29) is 11.3 Å². The Bertz CT molecular complexity index is 954. The highest BCUT2D eigenvalue weighted by Crippen LogP contribution is 2.30. The van der Waals surface area contributed by atoms with Crippen LogP contribution in [0.2, 0.25) is 0 Å². The number of halogens is 3. The van der Waals surface area contributed by atoms with Crippen LogP contribution in [0.1, 0.15) is 27.0 Å². The van der Waals surface area contributed by atoms with Crippen LogP contribution >= 0.6 is 0 Å². The van der Waals surface area contributed by atoms with Crippen molar-refractivity contribution in [3.63, 3.8) is 0 Å². The van der Waals surface area contributed by atoms with Gasteiger partial charge >= 0.3 is 6.18 Å². The molecule has 0 aliphatic rings. The van der Waals surface area contributed by atoms with E-state index in [9.17, 15) is 18.0 Å². The third kappa shape index (κ3) is 5.06. The van der Waals surface area contributed by atoms with Gasteiger partial charge in [0.25, 0.3) is 5.91 Å². The van der Waals surface area contributed by atoms with Crippen molar-refractivity contribution in [1.82, 2.24) is 9.97 Å². The lowest BCUT2D eigenvalue weighted by Crippen LogP contribution is -2.14. The number of hydrogen-bond acceptors (Lipinski definition) is 4. The van der Waals surface area contributed by atoms with Gasteiger partial charge in [-0.05, 0) is 30.7 Å². The van der Waals surface area contributed by atoms with Gasteiger partial charge < -0.3 is 10.6 Å². The van der Waals surface area contributed by atoms with Crippen LogP contribution in [0, 0.1) is 6.92 Å². The average Bonchev–Trinajstić information content (AvgIpc) is 2.67. The zero-order valence-corrected chi connectivity index (χ0v) is 14.9. The van der Waals surface area contributed by atoms with Gasteiger partial charge in [0.15, 0.2) is 0 Å². The van der Waals surface area contributed by atoms with Crippen LogP contribution in [-0.2, 0) is 12.7 Å². The predicted octanol–water partition coefficient (Wildman–Crippen LogP) is 4.67. The number of hydrogen-bond donors (Lipinski definition) is 2. The summed E-state index contributed by atoms with van der Waals surface area (Å²) in [6.07, 6.45) is -1.85. The fraction of sp³-hybridized carbons (Fsp3) is 0.150. The number of rotatable bonds is 5. The summed E-state index contributed by atoms with van der Waals surface area (Å²) in [5, 5.41) is 5.46. The maximum atomic E-state index is 12.7. The molecule has 144 valence electrons. The summed E-state index contributed by atoms with van der Waals surface area (Å²) in [5.41, 5.74) is 1.56. The van der Waals surface area contributed by atoms with Crippen molar-refractivity contribution in [1.29, 1.82) is 0 Å².